The smallest absolute Gasteiger partial charge is 0.328 e. The molecule has 1 N–H and O–H groups in total. The highest BCUT2D eigenvalue weighted by Crippen LogP contribution is 2.37. The standard InChI is InChI=1S/C14H14BrClO4/c1-2-19-12-9-10(4-5-13(17)18)8-11(15)14(12)20-7-3-6-16/h3-6,8-9H,2,7H2,1H3,(H,17,18)/b5-4+,6-3+. The molecule has 0 saturated carbocycles. The molecule has 1 aromatic carbocycles. The van der Waals surface area contributed by atoms with Crippen LogP contribution in [0.3, 0.4) is 0 Å². The monoisotopic (exact) mass is 360 g/mol. The van der Waals surface area contributed by atoms with Gasteiger partial charge < -0.3 is 14.6 Å². The average molecular weight is 362 g/mol. The molecule has 0 fully saturated rings. The Labute approximate surface area is 130 Å². The molecule has 0 aliphatic heterocycles. The highest BCUT2D eigenvalue weighted by atomic mass is 79.9. The van der Waals surface area contributed by atoms with Gasteiger partial charge in [0.2, 0.25) is 0 Å². The van der Waals surface area contributed by atoms with E-state index in [4.69, 9.17) is 26.2 Å². The Bertz CT molecular complexity index is 526. The molecule has 0 aromatic heterocycles. The van der Waals surface area contributed by atoms with E-state index in [0.717, 1.165) is 6.08 Å². The van der Waals surface area contributed by atoms with Crippen molar-refractivity contribution in [3.63, 3.8) is 0 Å². The molecule has 20 heavy (non-hydrogen) atoms. The number of benzene rings is 1. The molecule has 1 rings (SSSR count). The summed E-state index contributed by atoms with van der Waals surface area (Å²) in [7, 11) is 0. The number of carboxylic acid groups (broad SMARTS) is 1. The molecule has 6 heteroatoms. The molecule has 0 bridgehead atoms. The molecular formula is C14H14BrClO4. The van der Waals surface area contributed by atoms with Gasteiger partial charge in [-0.05, 0) is 52.7 Å². The van der Waals surface area contributed by atoms with Crippen LogP contribution in [-0.2, 0) is 4.79 Å². The highest BCUT2D eigenvalue weighted by molar-refractivity contribution is 9.10. The third-order valence-electron chi connectivity index (χ3n) is 2.16. The van der Waals surface area contributed by atoms with Crippen molar-refractivity contribution < 1.29 is 19.4 Å². The Morgan fingerprint density at radius 3 is 2.80 bits per heavy atom. The summed E-state index contributed by atoms with van der Waals surface area (Å²) in [5, 5.41) is 8.64. The lowest BCUT2D eigenvalue weighted by molar-refractivity contribution is -0.131. The Hall–Kier alpha value is -1.46. The largest absolute Gasteiger partial charge is 0.490 e. The van der Waals surface area contributed by atoms with Crippen molar-refractivity contribution in [1.82, 2.24) is 0 Å². The van der Waals surface area contributed by atoms with Crippen molar-refractivity contribution >= 4 is 39.6 Å². The minimum Gasteiger partial charge on any atom is -0.490 e. The van der Waals surface area contributed by atoms with Crippen LogP contribution in [0.15, 0.2) is 34.3 Å². The van der Waals surface area contributed by atoms with Crippen LogP contribution in [0, 0.1) is 0 Å². The second kappa shape index (κ2) is 8.66. The van der Waals surface area contributed by atoms with Gasteiger partial charge in [0.05, 0.1) is 11.1 Å². The van der Waals surface area contributed by atoms with Gasteiger partial charge in [-0.3, -0.25) is 0 Å². The van der Waals surface area contributed by atoms with Gasteiger partial charge in [0, 0.05) is 11.6 Å². The third kappa shape index (κ3) is 5.27. The molecule has 108 valence electrons. The zero-order chi connectivity index (χ0) is 15.0. The first-order valence-corrected chi connectivity index (χ1v) is 7.06. The fraction of sp³-hybridized carbons (Fsp3) is 0.214. The molecule has 0 atom stereocenters. The molecule has 1 aromatic rings. The fourth-order valence-electron chi connectivity index (χ4n) is 1.42. The summed E-state index contributed by atoms with van der Waals surface area (Å²) in [5.41, 5.74) is 2.07. The summed E-state index contributed by atoms with van der Waals surface area (Å²) in [5.74, 6) is 0.0793. The van der Waals surface area contributed by atoms with Crippen LogP contribution in [-0.4, -0.2) is 24.3 Å². The second-order valence-corrected chi connectivity index (χ2v) is 4.71. The first-order chi connectivity index (χ1) is 9.58. The Morgan fingerprint density at radius 2 is 2.20 bits per heavy atom. The van der Waals surface area contributed by atoms with Gasteiger partial charge in [0.1, 0.15) is 6.61 Å². The lowest BCUT2D eigenvalue weighted by Crippen LogP contribution is -2.00. The van der Waals surface area contributed by atoms with Gasteiger partial charge in [0.15, 0.2) is 11.5 Å². The summed E-state index contributed by atoms with van der Waals surface area (Å²) in [6.45, 7) is 2.64. The van der Waals surface area contributed by atoms with E-state index in [1.807, 2.05) is 6.92 Å². The van der Waals surface area contributed by atoms with Crippen molar-refractivity contribution in [1.29, 1.82) is 0 Å². The zero-order valence-corrected chi connectivity index (χ0v) is 13.1. The summed E-state index contributed by atoms with van der Waals surface area (Å²) in [4.78, 5) is 10.5. The quantitative estimate of drug-likeness (QED) is 0.744. The summed E-state index contributed by atoms with van der Waals surface area (Å²) in [6, 6.07) is 3.47. The number of carbonyl (C=O) groups is 1. The predicted octanol–water partition coefficient (Wildman–Crippen LogP) is 4.08. The van der Waals surface area contributed by atoms with E-state index < -0.39 is 5.97 Å². The van der Waals surface area contributed by atoms with Crippen LogP contribution in [0.5, 0.6) is 11.5 Å². The fourth-order valence-corrected chi connectivity index (χ4v) is 2.07. The maximum absolute atomic E-state index is 10.5. The first kappa shape index (κ1) is 16.6. The number of hydrogen-bond acceptors (Lipinski definition) is 3. The topological polar surface area (TPSA) is 55.8 Å². The van der Waals surface area contributed by atoms with Crippen molar-refractivity contribution in [2.75, 3.05) is 13.2 Å². The minimum absolute atomic E-state index is 0.312. The lowest BCUT2D eigenvalue weighted by Gasteiger charge is -2.13. The van der Waals surface area contributed by atoms with E-state index >= 15 is 0 Å². The molecule has 0 heterocycles. The van der Waals surface area contributed by atoms with Crippen molar-refractivity contribution in [2.45, 2.75) is 6.92 Å². The van der Waals surface area contributed by atoms with Gasteiger partial charge in [-0.25, -0.2) is 4.79 Å². The van der Waals surface area contributed by atoms with Gasteiger partial charge in [-0.2, -0.15) is 0 Å². The van der Waals surface area contributed by atoms with Gasteiger partial charge in [0.25, 0.3) is 0 Å². The summed E-state index contributed by atoms with van der Waals surface area (Å²) in [6.07, 6.45) is 4.20. The van der Waals surface area contributed by atoms with Crippen LogP contribution in [0.25, 0.3) is 6.08 Å². The SMILES string of the molecule is CCOc1cc(/C=C/C(=O)O)cc(Br)c1OC/C=C/Cl. The van der Waals surface area contributed by atoms with E-state index in [9.17, 15) is 4.79 Å². The second-order valence-electron chi connectivity index (χ2n) is 3.61. The Kier molecular flexibility index (Phi) is 7.18. The van der Waals surface area contributed by atoms with E-state index in [-0.39, 0.29) is 0 Å². The molecule has 0 spiro atoms. The molecule has 0 saturated heterocycles. The van der Waals surface area contributed by atoms with Crippen LogP contribution >= 0.6 is 27.5 Å². The molecule has 0 aliphatic rings. The maximum Gasteiger partial charge on any atom is 0.328 e. The zero-order valence-electron chi connectivity index (χ0n) is 10.8. The molecule has 0 radical (unpaired) electrons. The number of rotatable bonds is 7. The lowest BCUT2D eigenvalue weighted by atomic mass is 10.2. The number of halogens is 2. The predicted molar refractivity (Wildman–Crippen MR) is 82.5 cm³/mol. The first-order valence-electron chi connectivity index (χ1n) is 5.83. The Balaban J connectivity index is 3.07. The average Bonchev–Trinajstić information content (AvgIpc) is 2.39. The third-order valence-corrected chi connectivity index (χ3v) is 2.93. The van der Waals surface area contributed by atoms with E-state index in [0.29, 0.717) is 34.7 Å². The highest BCUT2D eigenvalue weighted by Gasteiger charge is 2.11. The van der Waals surface area contributed by atoms with E-state index in [2.05, 4.69) is 15.9 Å². The number of carboxylic acids is 1. The molecule has 4 nitrogen and oxygen atoms in total. The molecule has 0 amide bonds. The van der Waals surface area contributed by atoms with Gasteiger partial charge in [-0.15, -0.1) is 0 Å². The minimum atomic E-state index is -1.01. The molecular weight excluding hydrogens is 348 g/mol. The number of aliphatic carboxylic acids is 1. The van der Waals surface area contributed by atoms with E-state index in [1.54, 1.807) is 18.2 Å². The van der Waals surface area contributed by atoms with Crippen molar-refractivity contribution in [3.05, 3.63) is 39.9 Å². The maximum atomic E-state index is 10.5. The number of ether oxygens (including phenoxy) is 2. The summed E-state index contributed by atoms with van der Waals surface area (Å²) >= 11 is 8.82. The Morgan fingerprint density at radius 1 is 1.45 bits per heavy atom. The summed E-state index contributed by atoms with van der Waals surface area (Å²) < 4.78 is 11.7. The van der Waals surface area contributed by atoms with Crippen LogP contribution in [0.4, 0.5) is 0 Å². The van der Waals surface area contributed by atoms with Crippen LogP contribution in [0.1, 0.15) is 12.5 Å². The normalized spacial score (nSPS) is 11.2. The van der Waals surface area contributed by atoms with Crippen molar-refractivity contribution in [2.24, 2.45) is 0 Å². The molecule has 0 aliphatic carbocycles. The van der Waals surface area contributed by atoms with Crippen LogP contribution in [0.2, 0.25) is 0 Å². The molecule has 0 unspecified atom stereocenters. The number of hydrogen-bond donors (Lipinski definition) is 1. The van der Waals surface area contributed by atoms with Crippen LogP contribution < -0.4 is 9.47 Å². The van der Waals surface area contributed by atoms with Gasteiger partial charge >= 0.3 is 5.97 Å². The van der Waals surface area contributed by atoms with E-state index in [1.165, 1.54) is 11.6 Å². The van der Waals surface area contributed by atoms with Crippen molar-refractivity contribution in [3.8, 4) is 11.5 Å². The van der Waals surface area contributed by atoms with Gasteiger partial charge in [-0.1, -0.05) is 11.6 Å².